The van der Waals surface area contributed by atoms with Gasteiger partial charge in [-0.3, -0.25) is 0 Å². The van der Waals surface area contributed by atoms with Gasteiger partial charge in [-0.1, -0.05) is 23.2 Å². The van der Waals surface area contributed by atoms with Crippen LogP contribution in [0.15, 0.2) is 17.0 Å². The number of carboxylic acid groups (broad SMARTS) is 1. The Kier molecular flexibility index (Phi) is 4.98. The Bertz CT molecular complexity index is 568. The number of methoxy groups -OCH3 is 1. The van der Waals surface area contributed by atoms with Gasteiger partial charge in [0.2, 0.25) is 0 Å². The lowest BCUT2D eigenvalue weighted by molar-refractivity contribution is 0.0697. The SMILES string of the molecule is COCCS(=O)(=O)c1cc(Cl)cc(C(=O)O)c1Cl. The molecule has 0 saturated carbocycles. The molecular formula is C10H10Cl2O5S. The molecule has 0 fully saturated rings. The van der Waals surface area contributed by atoms with E-state index in [1.165, 1.54) is 7.11 Å². The number of benzene rings is 1. The number of carboxylic acids is 1. The van der Waals surface area contributed by atoms with Crippen molar-refractivity contribution in [3.05, 3.63) is 27.7 Å². The van der Waals surface area contributed by atoms with E-state index >= 15 is 0 Å². The minimum Gasteiger partial charge on any atom is -0.478 e. The molecule has 18 heavy (non-hydrogen) atoms. The van der Waals surface area contributed by atoms with Crippen molar-refractivity contribution < 1.29 is 23.1 Å². The summed E-state index contributed by atoms with van der Waals surface area (Å²) >= 11 is 11.5. The summed E-state index contributed by atoms with van der Waals surface area (Å²) in [7, 11) is -2.38. The van der Waals surface area contributed by atoms with Crippen LogP contribution in [0.5, 0.6) is 0 Å². The van der Waals surface area contributed by atoms with Crippen LogP contribution in [0.1, 0.15) is 10.4 Å². The maximum absolute atomic E-state index is 11.9. The number of hydrogen-bond donors (Lipinski definition) is 1. The van der Waals surface area contributed by atoms with Crippen LogP contribution in [0.3, 0.4) is 0 Å². The lowest BCUT2D eigenvalue weighted by Gasteiger charge is -2.09. The number of carbonyl (C=O) groups is 1. The molecule has 0 amide bonds. The van der Waals surface area contributed by atoms with Gasteiger partial charge in [-0.05, 0) is 12.1 Å². The molecule has 5 nitrogen and oxygen atoms in total. The number of rotatable bonds is 5. The average molecular weight is 313 g/mol. The van der Waals surface area contributed by atoms with Gasteiger partial charge in [0.25, 0.3) is 0 Å². The van der Waals surface area contributed by atoms with Crippen LogP contribution in [-0.2, 0) is 14.6 Å². The van der Waals surface area contributed by atoms with Crippen molar-refractivity contribution >= 4 is 39.0 Å². The van der Waals surface area contributed by atoms with Crippen LogP contribution in [0, 0.1) is 0 Å². The van der Waals surface area contributed by atoms with Crippen LogP contribution in [0.2, 0.25) is 10.0 Å². The molecule has 0 aliphatic rings. The number of ether oxygens (including phenoxy) is 1. The Morgan fingerprint density at radius 2 is 2.00 bits per heavy atom. The fourth-order valence-corrected chi connectivity index (χ4v) is 3.37. The average Bonchev–Trinajstić information content (AvgIpc) is 2.28. The van der Waals surface area contributed by atoms with E-state index in [4.69, 9.17) is 28.3 Å². The molecule has 1 aromatic carbocycles. The van der Waals surface area contributed by atoms with E-state index in [0.717, 1.165) is 12.1 Å². The third kappa shape index (κ3) is 3.35. The molecule has 0 aromatic heterocycles. The summed E-state index contributed by atoms with van der Waals surface area (Å²) in [6.45, 7) is -0.0203. The van der Waals surface area contributed by atoms with Crippen molar-refractivity contribution in [1.82, 2.24) is 0 Å². The Labute approximate surface area is 114 Å². The van der Waals surface area contributed by atoms with Crippen LogP contribution in [0.25, 0.3) is 0 Å². The van der Waals surface area contributed by atoms with Crippen LogP contribution >= 0.6 is 23.2 Å². The van der Waals surface area contributed by atoms with E-state index in [9.17, 15) is 13.2 Å². The van der Waals surface area contributed by atoms with E-state index in [0.29, 0.717) is 0 Å². The highest BCUT2D eigenvalue weighted by Crippen LogP contribution is 2.30. The maximum atomic E-state index is 11.9. The van der Waals surface area contributed by atoms with Gasteiger partial charge >= 0.3 is 5.97 Å². The van der Waals surface area contributed by atoms with E-state index in [-0.39, 0.29) is 32.9 Å². The van der Waals surface area contributed by atoms with Gasteiger partial charge in [0, 0.05) is 12.1 Å². The standard InChI is InChI=1S/C10H10Cl2O5S/c1-17-2-3-18(15,16)8-5-6(11)4-7(9(8)12)10(13)14/h4-5H,2-3H2,1H3,(H,13,14). The molecule has 0 aliphatic heterocycles. The second kappa shape index (κ2) is 5.88. The molecule has 1 aromatic rings. The molecule has 0 heterocycles. The lowest BCUT2D eigenvalue weighted by atomic mass is 10.2. The molecule has 0 spiro atoms. The van der Waals surface area contributed by atoms with Crippen molar-refractivity contribution in [3.8, 4) is 0 Å². The first-order valence-corrected chi connectivity index (χ1v) is 7.14. The summed E-state index contributed by atoms with van der Waals surface area (Å²) in [5.41, 5.74) is -0.347. The molecule has 8 heteroatoms. The van der Waals surface area contributed by atoms with Gasteiger partial charge in [0.05, 0.1) is 27.8 Å². The quantitative estimate of drug-likeness (QED) is 0.900. The summed E-state index contributed by atoms with van der Waals surface area (Å²) in [5, 5.41) is 8.54. The Morgan fingerprint density at radius 1 is 1.39 bits per heavy atom. The summed E-state index contributed by atoms with van der Waals surface area (Å²) in [4.78, 5) is 10.6. The van der Waals surface area contributed by atoms with Gasteiger partial charge < -0.3 is 9.84 Å². The Balaban J connectivity index is 3.37. The fraction of sp³-hybridized carbons (Fsp3) is 0.300. The highest BCUT2D eigenvalue weighted by atomic mass is 35.5. The zero-order chi connectivity index (χ0) is 13.9. The second-order valence-electron chi connectivity index (χ2n) is 3.38. The first-order chi connectivity index (χ1) is 8.29. The van der Waals surface area contributed by atoms with Crippen molar-refractivity contribution in [2.45, 2.75) is 4.90 Å². The van der Waals surface area contributed by atoms with Gasteiger partial charge in [-0.2, -0.15) is 0 Å². The predicted octanol–water partition coefficient (Wildman–Crippen LogP) is 2.11. The number of sulfone groups is 1. The van der Waals surface area contributed by atoms with Crippen LogP contribution in [0.4, 0.5) is 0 Å². The largest absolute Gasteiger partial charge is 0.478 e. The van der Waals surface area contributed by atoms with E-state index < -0.39 is 15.8 Å². The van der Waals surface area contributed by atoms with Crippen molar-refractivity contribution in [2.75, 3.05) is 19.5 Å². The normalized spacial score (nSPS) is 11.5. The molecule has 100 valence electrons. The first-order valence-electron chi connectivity index (χ1n) is 4.73. The highest BCUT2D eigenvalue weighted by Gasteiger charge is 2.23. The van der Waals surface area contributed by atoms with Crippen LogP contribution < -0.4 is 0 Å². The third-order valence-electron chi connectivity index (χ3n) is 2.13. The molecule has 1 N–H and O–H groups in total. The van der Waals surface area contributed by atoms with Crippen molar-refractivity contribution in [2.24, 2.45) is 0 Å². The summed E-state index contributed by atoms with van der Waals surface area (Å²) in [6.07, 6.45) is 0. The molecule has 0 unspecified atom stereocenters. The van der Waals surface area contributed by atoms with Crippen molar-refractivity contribution in [3.63, 3.8) is 0 Å². The van der Waals surface area contributed by atoms with E-state index in [1.54, 1.807) is 0 Å². The second-order valence-corrected chi connectivity index (χ2v) is 6.27. The minimum absolute atomic E-state index is 0.00667. The molecule has 0 bridgehead atoms. The summed E-state index contributed by atoms with van der Waals surface area (Å²) < 4.78 is 28.5. The number of aromatic carboxylic acids is 1. The molecular weight excluding hydrogens is 303 g/mol. The number of halogens is 2. The van der Waals surface area contributed by atoms with Gasteiger partial charge in [-0.25, -0.2) is 13.2 Å². The molecule has 0 aliphatic carbocycles. The highest BCUT2D eigenvalue weighted by molar-refractivity contribution is 7.91. The molecule has 1 rings (SSSR count). The zero-order valence-electron chi connectivity index (χ0n) is 9.31. The minimum atomic E-state index is -3.74. The monoisotopic (exact) mass is 312 g/mol. The van der Waals surface area contributed by atoms with Gasteiger partial charge in [0.1, 0.15) is 0 Å². The van der Waals surface area contributed by atoms with Crippen LogP contribution in [-0.4, -0.2) is 39.0 Å². The van der Waals surface area contributed by atoms with E-state index in [2.05, 4.69) is 4.74 Å². The Hall–Kier alpha value is -0.820. The maximum Gasteiger partial charge on any atom is 0.337 e. The molecule has 0 atom stereocenters. The third-order valence-corrected chi connectivity index (χ3v) is 4.56. The molecule has 0 saturated heterocycles. The predicted molar refractivity (Wildman–Crippen MR) is 67.4 cm³/mol. The topological polar surface area (TPSA) is 80.7 Å². The first kappa shape index (κ1) is 15.2. The smallest absolute Gasteiger partial charge is 0.337 e. The van der Waals surface area contributed by atoms with Gasteiger partial charge in [-0.15, -0.1) is 0 Å². The number of hydrogen-bond acceptors (Lipinski definition) is 4. The van der Waals surface area contributed by atoms with E-state index in [1.807, 2.05) is 0 Å². The van der Waals surface area contributed by atoms with Gasteiger partial charge in [0.15, 0.2) is 9.84 Å². The molecule has 0 radical (unpaired) electrons. The zero-order valence-corrected chi connectivity index (χ0v) is 11.6. The lowest BCUT2D eigenvalue weighted by Crippen LogP contribution is -2.13. The summed E-state index contributed by atoms with van der Waals surface area (Å²) in [6, 6.07) is 2.23. The fourth-order valence-electron chi connectivity index (χ4n) is 1.25. The summed E-state index contributed by atoms with van der Waals surface area (Å²) in [5.74, 6) is -1.64. The van der Waals surface area contributed by atoms with Crippen molar-refractivity contribution in [1.29, 1.82) is 0 Å². The Morgan fingerprint density at radius 3 is 2.50 bits per heavy atom.